The first-order valence-electron chi connectivity index (χ1n) is 9.02. The summed E-state index contributed by atoms with van der Waals surface area (Å²) in [4.78, 5) is 21.4. The summed E-state index contributed by atoms with van der Waals surface area (Å²) in [5.41, 5.74) is 2.72. The summed E-state index contributed by atoms with van der Waals surface area (Å²) in [6, 6.07) is 16.9. The van der Waals surface area contributed by atoms with Crippen LogP contribution in [0.4, 0.5) is 11.6 Å². The van der Waals surface area contributed by atoms with Crippen molar-refractivity contribution in [3.8, 4) is 11.5 Å². The molecule has 28 heavy (non-hydrogen) atoms. The highest BCUT2D eigenvalue weighted by Gasteiger charge is 2.15. The molecule has 0 spiro atoms. The molecule has 0 saturated carbocycles. The molecule has 0 fully saturated rings. The third kappa shape index (κ3) is 4.20. The van der Waals surface area contributed by atoms with Crippen LogP contribution in [0.1, 0.15) is 21.7 Å². The number of aromatic nitrogens is 2. The van der Waals surface area contributed by atoms with Crippen LogP contribution in [0.15, 0.2) is 54.6 Å². The van der Waals surface area contributed by atoms with Gasteiger partial charge < -0.3 is 20.1 Å². The van der Waals surface area contributed by atoms with Crippen LogP contribution in [-0.2, 0) is 6.54 Å². The number of rotatable bonds is 5. The van der Waals surface area contributed by atoms with E-state index in [1.165, 1.54) is 0 Å². The molecule has 2 N–H and O–H groups in total. The van der Waals surface area contributed by atoms with E-state index in [0.29, 0.717) is 48.6 Å². The quantitative estimate of drug-likeness (QED) is 0.710. The summed E-state index contributed by atoms with van der Waals surface area (Å²) < 4.78 is 11.0. The molecule has 7 heteroatoms. The molecule has 2 heterocycles. The first-order valence-corrected chi connectivity index (χ1v) is 9.02. The molecule has 3 aromatic rings. The molecule has 7 nitrogen and oxygen atoms in total. The summed E-state index contributed by atoms with van der Waals surface area (Å²) in [5.74, 6) is 1.39. The van der Waals surface area contributed by atoms with Gasteiger partial charge in [0.15, 0.2) is 11.5 Å². The Kier molecular flexibility index (Phi) is 5.05. The number of amides is 1. The van der Waals surface area contributed by atoms with Crippen molar-refractivity contribution in [2.45, 2.75) is 13.5 Å². The minimum Gasteiger partial charge on any atom is -0.486 e. The monoisotopic (exact) mass is 376 g/mol. The van der Waals surface area contributed by atoms with Gasteiger partial charge in [-0.05, 0) is 30.7 Å². The summed E-state index contributed by atoms with van der Waals surface area (Å²) in [6.45, 7) is 3.42. The lowest BCUT2D eigenvalue weighted by Crippen LogP contribution is -2.18. The topological polar surface area (TPSA) is 85.4 Å². The molecule has 1 aromatic heterocycles. The van der Waals surface area contributed by atoms with E-state index >= 15 is 0 Å². The third-order valence-corrected chi connectivity index (χ3v) is 4.18. The molecule has 0 bridgehead atoms. The zero-order valence-electron chi connectivity index (χ0n) is 15.4. The molecule has 2 aromatic carbocycles. The first-order chi connectivity index (χ1) is 13.7. The fraction of sp³-hybridized carbons (Fsp3) is 0.190. The molecular formula is C21H20N4O3. The van der Waals surface area contributed by atoms with E-state index in [0.717, 1.165) is 5.56 Å². The lowest BCUT2D eigenvalue weighted by atomic mass is 10.2. The maximum Gasteiger partial charge on any atom is 0.274 e. The average molecular weight is 376 g/mol. The number of carbonyl (C=O) groups excluding carboxylic acids is 1. The molecule has 142 valence electrons. The molecule has 1 aliphatic heterocycles. The van der Waals surface area contributed by atoms with Crippen LogP contribution < -0.4 is 20.1 Å². The van der Waals surface area contributed by atoms with Gasteiger partial charge in [-0.25, -0.2) is 9.97 Å². The fourth-order valence-corrected chi connectivity index (χ4v) is 2.86. The number of hydrogen-bond acceptors (Lipinski definition) is 6. The number of nitrogens with one attached hydrogen (secondary N) is 2. The Balaban J connectivity index is 1.47. The van der Waals surface area contributed by atoms with Gasteiger partial charge in [-0.15, -0.1) is 0 Å². The highest BCUT2D eigenvalue weighted by atomic mass is 16.6. The van der Waals surface area contributed by atoms with Gasteiger partial charge in [0, 0.05) is 24.0 Å². The van der Waals surface area contributed by atoms with E-state index in [2.05, 4.69) is 20.6 Å². The summed E-state index contributed by atoms with van der Waals surface area (Å²) in [7, 11) is 0. The first kappa shape index (κ1) is 17.8. The van der Waals surface area contributed by atoms with Crippen LogP contribution in [-0.4, -0.2) is 29.1 Å². The van der Waals surface area contributed by atoms with E-state index in [1.807, 2.05) is 37.3 Å². The molecule has 0 saturated heterocycles. The van der Waals surface area contributed by atoms with Crippen molar-refractivity contribution in [3.05, 3.63) is 71.5 Å². The van der Waals surface area contributed by atoms with Crippen LogP contribution in [0.5, 0.6) is 11.5 Å². The fourth-order valence-electron chi connectivity index (χ4n) is 2.86. The molecule has 0 unspecified atom stereocenters. The molecule has 1 amide bonds. The number of aryl methyl sites for hydroxylation is 1. The van der Waals surface area contributed by atoms with Gasteiger partial charge in [-0.1, -0.05) is 30.3 Å². The number of hydrogen-bond donors (Lipinski definition) is 2. The van der Waals surface area contributed by atoms with Gasteiger partial charge in [-0.2, -0.15) is 0 Å². The van der Waals surface area contributed by atoms with Gasteiger partial charge in [0.05, 0.1) is 0 Å². The number of nitrogens with zero attached hydrogens (tertiary/aromatic N) is 2. The van der Waals surface area contributed by atoms with Gasteiger partial charge in [0.2, 0.25) is 5.95 Å². The largest absolute Gasteiger partial charge is 0.486 e. The molecule has 4 rings (SSSR count). The molecule has 0 aliphatic carbocycles. The number of benzene rings is 2. The second-order valence-corrected chi connectivity index (χ2v) is 6.37. The standard InChI is InChI=1S/C21H20N4O3/c1-14-11-17(25-21(23-14)22-13-15-5-3-2-4-6-15)20(26)24-16-7-8-18-19(12-16)28-10-9-27-18/h2-8,11-12H,9-10,13H2,1H3,(H,24,26)(H,22,23,25). The van der Waals surface area contributed by atoms with Crippen LogP contribution in [0, 0.1) is 6.92 Å². The number of anilines is 2. The SMILES string of the molecule is Cc1cc(C(=O)Nc2ccc3c(c2)OCCO3)nc(NCc2ccccc2)n1. The summed E-state index contributed by atoms with van der Waals surface area (Å²) >= 11 is 0. The van der Waals surface area contributed by atoms with E-state index in [4.69, 9.17) is 9.47 Å². The molecule has 1 aliphatic rings. The van der Waals surface area contributed by atoms with Crippen molar-refractivity contribution in [1.82, 2.24) is 9.97 Å². The Bertz CT molecular complexity index is 992. The molecular weight excluding hydrogens is 356 g/mol. The van der Waals surface area contributed by atoms with Crippen molar-refractivity contribution < 1.29 is 14.3 Å². The Morgan fingerprint density at radius 3 is 2.61 bits per heavy atom. The second kappa shape index (κ2) is 7.96. The van der Waals surface area contributed by atoms with Crippen molar-refractivity contribution in [2.75, 3.05) is 23.8 Å². The predicted molar refractivity (Wildman–Crippen MR) is 106 cm³/mol. The van der Waals surface area contributed by atoms with Gasteiger partial charge in [-0.3, -0.25) is 4.79 Å². The van der Waals surface area contributed by atoms with E-state index < -0.39 is 0 Å². The number of fused-ring (bicyclic) bond motifs is 1. The van der Waals surface area contributed by atoms with Crippen molar-refractivity contribution in [3.63, 3.8) is 0 Å². The van der Waals surface area contributed by atoms with Crippen molar-refractivity contribution >= 4 is 17.5 Å². The lowest BCUT2D eigenvalue weighted by molar-refractivity contribution is 0.102. The minimum absolute atomic E-state index is 0.290. The predicted octanol–water partition coefficient (Wildman–Crippen LogP) is 3.42. The Labute approximate surface area is 162 Å². The van der Waals surface area contributed by atoms with Crippen molar-refractivity contribution in [2.24, 2.45) is 0 Å². The van der Waals surface area contributed by atoms with Crippen LogP contribution >= 0.6 is 0 Å². The number of ether oxygens (including phenoxy) is 2. The summed E-state index contributed by atoms with van der Waals surface area (Å²) in [5, 5.41) is 6.01. The van der Waals surface area contributed by atoms with Gasteiger partial charge in [0.1, 0.15) is 18.9 Å². The summed E-state index contributed by atoms with van der Waals surface area (Å²) in [6.07, 6.45) is 0. The molecule has 0 radical (unpaired) electrons. The Morgan fingerprint density at radius 2 is 1.79 bits per heavy atom. The maximum atomic E-state index is 12.7. The van der Waals surface area contributed by atoms with E-state index in [-0.39, 0.29) is 11.6 Å². The highest BCUT2D eigenvalue weighted by molar-refractivity contribution is 6.03. The van der Waals surface area contributed by atoms with E-state index in [9.17, 15) is 4.79 Å². The lowest BCUT2D eigenvalue weighted by Gasteiger charge is -2.19. The number of carbonyl (C=O) groups is 1. The van der Waals surface area contributed by atoms with Crippen LogP contribution in [0.25, 0.3) is 0 Å². The minimum atomic E-state index is -0.315. The van der Waals surface area contributed by atoms with Crippen molar-refractivity contribution in [1.29, 1.82) is 0 Å². The Hall–Kier alpha value is -3.61. The Morgan fingerprint density at radius 1 is 1.00 bits per heavy atom. The average Bonchev–Trinajstić information content (AvgIpc) is 2.72. The van der Waals surface area contributed by atoms with Gasteiger partial charge >= 0.3 is 0 Å². The van der Waals surface area contributed by atoms with Gasteiger partial charge in [0.25, 0.3) is 5.91 Å². The van der Waals surface area contributed by atoms with Crippen LogP contribution in [0.2, 0.25) is 0 Å². The zero-order chi connectivity index (χ0) is 19.3. The smallest absolute Gasteiger partial charge is 0.274 e. The molecule has 0 atom stereocenters. The third-order valence-electron chi connectivity index (χ3n) is 4.18. The van der Waals surface area contributed by atoms with E-state index in [1.54, 1.807) is 24.3 Å². The highest BCUT2D eigenvalue weighted by Crippen LogP contribution is 2.32. The zero-order valence-corrected chi connectivity index (χ0v) is 15.4. The maximum absolute atomic E-state index is 12.7. The second-order valence-electron chi connectivity index (χ2n) is 6.37. The normalized spacial score (nSPS) is 12.3. The van der Waals surface area contributed by atoms with Crippen LogP contribution in [0.3, 0.4) is 0 Å².